The van der Waals surface area contributed by atoms with Crippen molar-refractivity contribution in [1.82, 2.24) is 14.8 Å². The second-order valence-electron chi connectivity index (χ2n) is 3.79. The Labute approximate surface area is 104 Å². The number of aryl methyl sites for hydroxylation is 2. The van der Waals surface area contributed by atoms with Gasteiger partial charge < -0.3 is 5.32 Å². The maximum atomic E-state index is 10.9. The van der Waals surface area contributed by atoms with Crippen LogP contribution in [0.1, 0.15) is 12.6 Å². The number of anilines is 2. The zero-order valence-electron chi connectivity index (χ0n) is 10.1. The molecule has 2 aromatic heterocycles. The van der Waals surface area contributed by atoms with E-state index in [0.29, 0.717) is 11.4 Å². The molecule has 0 atom stereocenters. The summed E-state index contributed by atoms with van der Waals surface area (Å²) in [6.45, 7) is 4.49. The highest BCUT2D eigenvalue weighted by molar-refractivity contribution is 5.64. The van der Waals surface area contributed by atoms with E-state index in [4.69, 9.17) is 0 Å². The molecule has 1 N–H and O–H groups in total. The minimum Gasteiger partial charge on any atom is -0.332 e. The largest absolute Gasteiger partial charge is 0.332 e. The molecule has 0 unspecified atom stereocenters. The molecule has 2 rings (SSSR count). The second kappa shape index (κ2) is 4.82. The van der Waals surface area contributed by atoms with Gasteiger partial charge in [-0.3, -0.25) is 14.8 Å². The predicted molar refractivity (Wildman–Crippen MR) is 66.8 cm³/mol. The fourth-order valence-corrected chi connectivity index (χ4v) is 1.53. The fraction of sp³-hybridized carbons (Fsp3) is 0.273. The van der Waals surface area contributed by atoms with E-state index in [1.807, 2.05) is 6.92 Å². The highest BCUT2D eigenvalue weighted by Crippen LogP contribution is 2.25. The van der Waals surface area contributed by atoms with Gasteiger partial charge in [0.25, 0.3) is 0 Å². The average Bonchev–Trinajstić information content (AvgIpc) is 2.76. The highest BCUT2D eigenvalue weighted by Gasteiger charge is 2.15. The normalized spacial score (nSPS) is 10.3. The standard InChI is InChI=1S/C11H13N5O2/c1-3-15-7-9(6-12-15)14-11-10(16(17)18)5-4-8(2)13-11/h4-7H,3H2,1-2H3,(H,13,14). The van der Waals surface area contributed by atoms with Crippen molar-refractivity contribution < 1.29 is 4.92 Å². The van der Waals surface area contributed by atoms with Crippen LogP contribution in [0.3, 0.4) is 0 Å². The van der Waals surface area contributed by atoms with Gasteiger partial charge in [0.2, 0.25) is 5.82 Å². The highest BCUT2D eigenvalue weighted by atomic mass is 16.6. The molecular formula is C11H13N5O2. The third kappa shape index (κ3) is 2.45. The van der Waals surface area contributed by atoms with Gasteiger partial charge in [0.15, 0.2) is 0 Å². The Morgan fingerprint density at radius 2 is 2.28 bits per heavy atom. The first-order chi connectivity index (χ1) is 8.60. The van der Waals surface area contributed by atoms with Crippen LogP contribution in [0.15, 0.2) is 24.5 Å². The number of nitrogens with zero attached hydrogens (tertiary/aromatic N) is 4. The lowest BCUT2D eigenvalue weighted by Crippen LogP contribution is -2.00. The Bertz CT molecular complexity index is 579. The van der Waals surface area contributed by atoms with Crippen molar-refractivity contribution in [3.63, 3.8) is 0 Å². The molecule has 94 valence electrons. The fourth-order valence-electron chi connectivity index (χ4n) is 1.53. The molecule has 0 saturated carbocycles. The molecule has 0 aromatic carbocycles. The van der Waals surface area contributed by atoms with Crippen LogP contribution in [-0.4, -0.2) is 19.7 Å². The van der Waals surface area contributed by atoms with E-state index in [9.17, 15) is 10.1 Å². The van der Waals surface area contributed by atoms with Crippen molar-refractivity contribution in [1.29, 1.82) is 0 Å². The summed E-state index contributed by atoms with van der Waals surface area (Å²) in [5.74, 6) is 0.232. The van der Waals surface area contributed by atoms with Crippen LogP contribution in [0, 0.1) is 17.0 Å². The van der Waals surface area contributed by atoms with Crippen molar-refractivity contribution in [3.8, 4) is 0 Å². The zero-order chi connectivity index (χ0) is 13.1. The van der Waals surface area contributed by atoms with Crippen molar-refractivity contribution in [2.75, 3.05) is 5.32 Å². The van der Waals surface area contributed by atoms with E-state index in [-0.39, 0.29) is 11.5 Å². The van der Waals surface area contributed by atoms with Gasteiger partial charge in [0, 0.05) is 24.5 Å². The smallest absolute Gasteiger partial charge is 0.311 e. The van der Waals surface area contributed by atoms with Gasteiger partial charge in [-0.05, 0) is 19.9 Å². The Hall–Kier alpha value is -2.44. The van der Waals surface area contributed by atoms with E-state index < -0.39 is 4.92 Å². The summed E-state index contributed by atoms with van der Waals surface area (Å²) in [6.07, 6.45) is 3.38. The number of pyridine rings is 1. The van der Waals surface area contributed by atoms with Crippen LogP contribution in [-0.2, 0) is 6.54 Å². The van der Waals surface area contributed by atoms with Crippen LogP contribution < -0.4 is 5.32 Å². The zero-order valence-corrected chi connectivity index (χ0v) is 10.1. The maximum absolute atomic E-state index is 10.9. The summed E-state index contributed by atoms with van der Waals surface area (Å²) in [6, 6.07) is 3.05. The van der Waals surface area contributed by atoms with Crippen LogP contribution in [0.25, 0.3) is 0 Å². The van der Waals surface area contributed by atoms with Crippen LogP contribution in [0.4, 0.5) is 17.2 Å². The summed E-state index contributed by atoms with van der Waals surface area (Å²) in [5, 5.41) is 17.9. The lowest BCUT2D eigenvalue weighted by Gasteiger charge is -2.04. The summed E-state index contributed by atoms with van der Waals surface area (Å²) < 4.78 is 1.73. The van der Waals surface area contributed by atoms with E-state index in [1.54, 1.807) is 30.1 Å². The molecule has 0 aliphatic carbocycles. The van der Waals surface area contributed by atoms with E-state index >= 15 is 0 Å². The number of nitro groups is 1. The topological polar surface area (TPSA) is 85.9 Å². The Kier molecular flexibility index (Phi) is 3.22. The van der Waals surface area contributed by atoms with Crippen molar-refractivity contribution in [3.05, 3.63) is 40.3 Å². The monoisotopic (exact) mass is 247 g/mol. The minimum atomic E-state index is -0.459. The molecule has 0 amide bonds. The predicted octanol–water partition coefficient (Wildman–Crippen LogP) is 2.26. The summed E-state index contributed by atoms with van der Waals surface area (Å²) >= 11 is 0. The van der Waals surface area contributed by atoms with Gasteiger partial charge in [-0.15, -0.1) is 0 Å². The van der Waals surface area contributed by atoms with E-state index in [2.05, 4.69) is 15.4 Å². The SMILES string of the molecule is CCn1cc(Nc2nc(C)ccc2[N+](=O)[O-])cn1. The van der Waals surface area contributed by atoms with Gasteiger partial charge in [-0.25, -0.2) is 4.98 Å². The molecule has 7 nitrogen and oxygen atoms in total. The van der Waals surface area contributed by atoms with Crippen LogP contribution in [0.5, 0.6) is 0 Å². The van der Waals surface area contributed by atoms with Gasteiger partial charge in [-0.2, -0.15) is 5.10 Å². The molecule has 2 aromatic rings. The molecule has 2 heterocycles. The molecule has 0 saturated heterocycles. The lowest BCUT2D eigenvalue weighted by atomic mass is 10.3. The molecule has 18 heavy (non-hydrogen) atoms. The molecule has 0 bridgehead atoms. The second-order valence-corrected chi connectivity index (χ2v) is 3.79. The van der Waals surface area contributed by atoms with Crippen LogP contribution >= 0.6 is 0 Å². The van der Waals surface area contributed by atoms with Crippen molar-refractivity contribution >= 4 is 17.2 Å². The number of hydrogen-bond donors (Lipinski definition) is 1. The van der Waals surface area contributed by atoms with Crippen molar-refractivity contribution in [2.45, 2.75) is 20.4 Å². The molecule has 0 aliphatic heterocycles. The molecule has 0 fully saturated rings. The Morgan fingerprint density at radius 3 is 2.89 bits per heavy atom. The first kappa shape index (κ1) is 12.0. The number of rotatable bonds is 4. The summed E-state index contributed by atoms with van der Waals surface area (Å²) in [7, 11) is 0. The van der Waals surface area contributed by atoms with Crippen molar-refractivity contribution in [2.24, 2.45) is 0 Å². The number of hydrogen-bond acceptors (Lipinski definition) is 5. The number of aromatic nitrogens is 3. The quantitative estimate of drug-likeness (QED) is 0.661. The average molecular weight is 247 g/mol. The van der Waals surface area contributed by atoms with Gasteiger partial charge in [0.05, 0.1) is 16.8 Å². The first-order valence-electron chi connectivity index (χ1n) is 5.51. The molecule has 7 heteroatoms. The minimum absolute atomic E-state index is 0.0511. The van der Waals surface area contributed by atoms with E-state index in [1.165, 1.54) is 6.07 Å². The first-order valence-corrected chi connectivity index (χ1v) is 5.51. The van der Waals surface area contributed by atoms with Gasteiger partial charge in [-0.1, -0.05) is 0 Å². The molecular weight excluding hydrogens is 234 g/mol. The summed E-state index contributed by atoms with van der Waals surface area (Å²) in [4.78, 5) is 14.6. The summed E-state index contributed by atoms with van der Waals surface area (Å²) in [5.41, 5.74) is 1.34. The number of nitrogens with one attached hydrogen (secondary N) is 1. The van der Waals surface area contributed by atoms with Gasteiger partial charge in [0.1, 0.15) is 0 Å². The third-order valence-corrected chi connectivity index (χ3v) is 2.43. The maximum Gasteiger partial charge on any atom is 0.311 e. The van der Waals surface area contributed by atoms with E-state index in [0.717, 1.165) is 6.54 Å². The van der Waals surface area contributed by atoms with Gasteiger partial charge >= 0.3 is 5.69 Å². The Balaban J connectivity index is 2.32. The molecule has 0 radical (unpaired) electrons. The molecule has 0 aliphatic rings. The Morgan fingerprint density at radius 1 is 1.50 bits per heavy atom. The van der Waals surface area contributed by atoms with Crippen LogP contribution in [0.2, 0.25) is 0 Å². The third-order valence-electron chi connectivity index (χ3n) is 2.43. The molecule has 0 spiro atoms. The lowest BCUT2D eigenvalue weighted by molar-refractivity contribution is -0.384.